The molecule has 28 heavy (non-hydrogen) atoms. The topological polar surface area (TPSA) is 6.48 Å². The molecule has 1 saturated heterocycles. The van der Waals surface area contributed by atoms with Crippen LogP contribution in [0, 0.1) is 18.6 Å². The van der Waals surface area contributed by atoms with Crippen LogP contribution >= 0.6 is 0 Å². The molecule has 3 aromatic rings. The molecule has 0 aromatic heterocycles. The van der Waals surface area contributed by atoms with Gasteiger partial charge in [-0.2, -0.15) is 0 Å². The van der Waals surface area contributed by atoms with E-state index in [-0.39, 0.29) is 17.8 Å². The lowest BCUT2D eigenvalue weighted by atomic mass is 10.1. The van der Waals surface area contributed by atoms with E-state index in [2.05, 4.69) is 28.9 Å². The van der Waals surface area contributed by atoms with E-state index in [1.54, 1.807) is 18.2 Å². The molecule has 1 atom stereocenters. The van der Waals surface area contributed by atoms with Crippen molar-refractivity contribution in [3.8, 4) is 0 Å². The summed E-state index contributed by atoms with van der Waals surface area (Å²) in [6.45, 7) is 4.86. The van der Waals surface area contributed by atoms with Crippen LogP contribution in [0.2, 0.25) is 0 Å². The Balaban J connectivity index is 1.66. The number of nitrogens with zero attached hydrogens (tertiary/aromatic N) is 2. The second-order valence-corrected chi connectivity index (χ2v) is 7.35. The SMILES string of the molecule is Cc1ccccc1CN1CCN(Cc2ccccc2F)C1c1ccccc1F. The molecule has 0 N–H and O–H groups in total. The Morgan fingerprint density at radius 2 is 1.25 bits per heavy atom. The van der Waals surface area contributed by atoms with Crippen molar-refractivity contribution < 1.29 is 8.78 Å². The molecular weight excluding hydrogens is 354 g/mol. The average molecular weight is 378 g/mol. The highest BCUT2D eigenvalue weighted by atomic mass is 19.1. The van der Waals surface area contributed by atoms with Crippen LogP contribution in [0.1, 0.15) is 28.4 Å². The smallest absolute Gasteiger partial charge is 0.129 e. The minimum absolute atomic E-state index is 0.216. The van der Waals surface area contributed by atoms with E-state index in [1.807, 2.05) is 30.3 Å². The first kappa shape index (κ1) is 18.8. The molecule has 0 radical (unpaired) electrons. The molecule has 2 nitrogen and oxygen atoms in total. The Labute approximate surface area is 165 Å². The lowest BCUT2D eigenvalue weighted by molar-refractivity contribution is 0.121. The van der Waals surface area contributed by atoms with Gasteiger partial charge in [0.2, 0.25) is 0 Å². The van der Waals surface area contributed by atoms with Gasteiger partial charge in [-0.05, 0) is 30.2 Å². The van der Waals surface area contributed by atoms with Gasteiger partial charge in [0, 0.05) is 37.3 Å². The fourth-order valence-electron chi connectivity index (χ4n) is 3.99. The first-order valence-electron chi connectivity index (χ1n) is 9.64. The zero-order chi connectivity index (χ0) is 19.5. The summed E-state index contributed by atoms with van der Waals surface area (Å²) >= 11 is 0. The van der Waals surface area contributed by atoms with Crippen LogP contribution < -0.4 is 0 Å². The predicted octanol–water partition coefficient (Wildman–Crippen LogP) is 5.29. The van der Waals surface area contributed by atoms with Crippen LogP contribution in [0.15, 0.2) is 72.8 Å². The van der Waals surface area contributed by atoms with Crippen LogP contribution in [-0.4, -0.2) is 22.9 Å². The van der Waals surface area contributed by atoms with Gasteiger partial charge < -0.3 is 0 Å². The van der Waals surface area contributed by atoms with Crippen LogP contribution in [-0.2, 0) is 13.1 Å². The molecule has 1 fully saturated rings. The summed E-state index contributed by atoms with van der Waals surface area (Å²) in [5, 5.41) is 0. The molecule has 0 saturated carbocycles. The molecule has 1 aliphatic heterocycles. The standard InChI is InChI=1S/C24H24F2N2/c1-18-8-2-3-9-19(18)16-27-14-15-28(17-20-10-4-6-12-22(20)25)24(27)21-11-5-7-13-23(21)26/h2-13,24H,14-17H2,1H3. The van der Waals surface area contributed by atoms with Crippen molar-refractivity contribution in [3.63, 3.8) is 0 Å². The van der Waals surface area contributed by atoms with Crippen molar-refractivity contribution in [1.29, 1.82) is 0 Å². The van der Waals surface area contributed by atoms with Gasteiger partial charge in [-0.25, -0.2) is 8.78 Å². The summed E-state index contributed by atoms with van der Waals surface area (Å²) < 4.78 is 28.9. The summed E-state index contributed by atoms with van der Waals surface area (Å²) in [6, 6.07) is 22.0. The predicted molar refractivity (Wildman–Crippen MR) is 108 cm³/mol. The van der Waals surface area contributed by atoms with Crippen molar-refractivity contribution in [2.45, 2.75) is 26.2 Å². The molecule has 1 unspecified atom stereocenters. The van der Waals surface area contributed by atoms with E-state index in [0.29, 0.717) is 17.7 Å². The van der Waals surface area contributed by atoms with E-state index in [0.717, 1.165) is 19.6 Å². The number of halogens is 2. The second kappa shape index (κ2) is 8.21. The maximum Gasteiger partial charge on any atom is 0.129 e. The lowest BCUT2D eigenvalue weighted by Gasteiger charge is -2.31. The highest BCUT2D eigenvalue weighted by molar-refractivity contribution is 5.28. The molecular formula is C24H24F2N2. The molecule has 3 aromatic carbocycles. The largest absolute Gasteiger partial charge is 0.278 e. The summed E-state index contributed by atoms with van der Waals surface area (Å²) in [7, 11) is 0. The van der Waals surface area contributed by atoms with Crippen molar-refractivity contribution in [2.24, 2.45) is 0 Å². The van der Waals surface area contributed by atoms with Gasteiger partial charge in [-0.1, -0.05) is 60.7 Å². The molecule has 4 rings (SSSR count). The molecule has 4 heteroatoms. The first-order valence-corrected chi connectivity index (χ1v) is 9.64. The Morgan fingerprint density at radius 1 is 0.714 bits per heavy atom. The molecule has 0 amide bonds. The zero-order valence-corrected chi connectivity index (χ0v) is 16.0. The van der Waals surface area contributed by atoms with Crippen molar-refractivity contribution in [2.75, 3.05) is 13.1 Å². The monoisotopic (exact) mass is 378 g/mol. The highest BCUT2D eigenvalue weighted by Crippen LogP contribution is 2.34. The average Bonchev–Trinajstić information content (AvgIpc) is 3.08. The Bertz CT molecular complexity index is 901. The van der Waals surface area contributed by atoms with E-state index < -0.39 is 0 Å². The van der Waals surface area contributed by atoms with Crippen molar-refractivity contribution in [1.82, 2.24) is 9.80 Å². The maximum atomic E-state index is 14.7. The molecule has 1 heterocycles. The minimum Gasteiger partial charge on any atom is -0.278 e. The molecule has 144 valence electrons. The number of benzene rings is 3. The van der Waals surface area contributed by atoms with Crippen LogP contribution in [0.4, 0.5) is 8.78 Å². The third kappa shape index (κ3) is 3.84. The zero-order valence-electron chi connectivity index (χ0n) is 16.0. The van der Waals surface area contributed by atoms with Gasteiger partial charge in [0.15, 0.2) is 0 Å². The van der Waals surface area contributed by atoms with Gasteiger partial charge in [-0.3, -0.25) is 9.80 Å². The third-order valence-electron chi connectivity index (χ3n) is 5.52. The molecule has 0 spiro atoms. The van der Waals surface area contributed by atoms with Gasteiger partial charge in [-0.15, -0.1) is 0 Å². The lowest BCUT2D eigenvalue weighted by Crippen LogP contribution is -2.31. The summed E-state index contributed by atoms with van der Waals surface area (Å²) in [5.41, 5.74) is 3.74. The molecule has 1 aliphatic rings. The first-order chi connectivity index (χ1) is 13.6. The Morgan fingerprint density at radius 3 is 1.89 bits per heavy atom. The van der Waals surface area contributed by atoms with Gasteiger partial charge in [0.25, 0.3) is 0 Å². The summed E-state index contributed by atoms with van der Waals surface area (Å²) in [5.74, 6) is -0.435. The van der Waals surface area contributed by atoms with Crippen LogP contribution in [0.25, 0.3) is 0 Å². The normalized spacial score (nSPS) is 17.9. The van der Waals surface area contributed by atoms with Gasteiger partial charge >= 0.3 is 0 Å². The Kier molecular flexibility index (Phi) is 5.51. The van der Waals surface area contributed by atoms with Crippen LogP contribution in [0.5, 0.6) is 0 Å². The number of rotatable bonds is 5. The molecule has 0 bridgehead atoms. The fraction of sp³-hybridized carbons (Fsp3) is 0.250. The number of aryl methyl sites for hydroxylation is 1. The van der Waals surface area contributed by atoms with Gasteiger partial charge in [0.05, 0.1) is 6.17 Å². The van der Waals surface area contributed by atoms with Crippen molar-refractivity contribution in [3.05, 3.63) is 107 Å². The Hall–Kier alpha value is -2.56. The van der Waals surface area contributed by atoms with E-state index >= 15 is 0 Å². The van der Waals surface area contributed by atoms with Gasteiger partial charge in [0.1, 0.15) is 11.6 Å². The minimum atomic E-state index is -0.222. The summed E-state index contributed by atoms with van der Waals surface area (Å²) in [6.07, 6.45) is -0.222. The maximum absolute atomic E-state index is 14.7. The van der Waals surface area contributed by atoms with E-state index in [1.165, 1.54) is 23.3 Å². The molecule has 0 aliphatic carbocycles. The van der Waals surface area contributed by atoms with E-state index in [4.69, 9.17) is 0 Å². The number of hydrogen-bond acceptors (Lipinski definition) is 2. The van der Waals surface area contributed by atoms with Crippen molar-refractivity contribution >= 4 is 0 Å². The second-order valence-electron chi connectivity index (χ2n) is 7.35. The van der Waals surface area contributed by atoms with E-state index in [9.17, 15) is 8.78 Å². The highest BCUT2D eigenvalue weighted by Gasteiger charge is 2.35. The quantitative estimate of drug-likeness (QED) is 0.595. The summed E-state index contributed by atoms with van der Waals surface area (Å²) in [4.78, 5) is 4.44. The third-order valence-corrected chi connectivity index (χ3v) is 5.52. The fourth-order valence-corrected chi connectivity index (χ4v) is 3.99. The number of hydrogen-bond donors (Lipinski definition) is 0. The van der Waals surface area contributed by atoms with Crippen LogP contribution in [0.3, 0.4) is 0 Å².